The number of aromatic nitrogens is 1. The molecule has 0 amide bonds. The minimum atomic E-state index is 0.618. The SMILES string of the molecule is Cc1cc(N2CC3CNCC(C3)C2)cnc1Cl. The van der Waals surface area contributed by atoms with Crippen LogP contribution in [0, 0.1) is 18.8 Å². The summed E-state index contributed by atoms with van der Waals surface area (Å²) in [5, 5.41) is 4.13. The van der Waals surface area contributed by atoms with Crippen molar-refractivity contribution in [1.29, 1.82) is 0 Å². The number of aryl methyl sites for hydroxylation is 1. The smallest absolute Gasteiger partial charge is 0.132 e. The summed E-state index contributed by atoms with van der Waals surface area (Å²) in [4.78, 5) is 6.72. The number of nitrogens with zero attached hydrogens (tertiary/aromatic N) is 2. The quantitative estimate of drug-likeness (QED) is 0.775. The minimum Gasteiger partial charge on any atom is -0.370 e. The van der Waals surface area contributed by atoms with E-state index in [-0.39, 0.29) is 0 Å². The maximum atomic E-state index is 5.98. The van der Waals surface area contributed by atoms with E-state index in [9.17, 15) is 0 Å². The number of hydrogen-bond acceptors (Lipinski definition) is 3. The van der Waals surface area contributed by atoms with E-state index in [1.165, 1.54) is 12.1 Å². The van der Waals surface area contributed by atoms with Crippen LogP contribution < -0.4 is 10.2 Å². The monoisotopic (exact) mass is 251 g/mol. The third-order valence-corrected chi connectivity index (χ3v) is 4.25. The van der Waals surface area contributed by atoms with Crippen LogP contribution in [0.5, 0.6) is 0 Å². The van der Waals surface area contributed by atoms with E-state index in [0.717, 1.165) is 43.6 Å². The molecule has 2 saturated heterocycles. The molecule has 2 aliphatic rings. The Morgan fingerprint density at radius 2 is 2.06 bits per heavy atom. The summed E-state index contributed by atoms with van der Waals surface area (Å²) in [6, 6.07) is 2.16. The van der Waals surface area contributed by atoms with E-state index in [0.29, 0.717) is 5.15 Å². The van der Waals surface area contributed by atoms with Gasteiger partial charge >= 0.3 is 0 Å². The van der Waals surface area contributed by atoms with E-state index < -0.39 is 0 Å². The van der Waals surface area contributed by atoms with Crippen molar-refractivity contribution in [1.82, 2.24) is 10.3 Å². The number of halogens is 1. The first kappa shape index (κ1) is 11.3. The zero-order chi connectivity index (χ0) is 11.8. The van der Waals surface area contributed by atoms with Gasteiger partial charge in [0.15, 0.2) is 0 Å². The lowest BCUT2D eigenvalue weighted by molar-refractivity contribution is 0.249. The molecule has 2 fully saturated rings. The fraction of sp³-hybridized carbons (Fsp3) is 0.615. The van der Waals surface area contributed by atoms with Crippen molar-refractivity contribution in [2.24, 2.45) is 11.8 Å². The molecule has 3 rings (SSSR count). The minimum absolute atomic E-state index is 0.618. The predicted octanol–water partition coefficient (Wildman–Crippen LogP) is 2.09. The van der Waals surface area contributed by atoms with Crippen molar-refractivity contribution < 1.29 is 0 Å². The summed E-state index contributed by atoms with van der Waals surface area (Å²) in [6.07, 6.45) is 3.29. The normalized spacial score (nSPS) is 28.2. The highest BCUT2D eigenvalue weighted by atomic mass is 35.5. The molecule has 0 radical (unpaired) electrons. The van der Waals surface area contributed by atoms with Gasteiger partial charge in [-0.25, -0.2) is 4.98 Å². The molecule has 17 heavy (non-hydrogen) atoms. The summed E-state index contributed by atoms with van der Waals surface area (Å²) < 4.78 is 0. The molecule has 3 heterocycles. The predicted molar refractivity (Wildman–Crippen MR) is 70.7 cm³/mol. The highest BCUT2D eigenvalue weighted by Crippen LogP contribution is 2.29. The lowest BCUT2D eigenvalue weighted by Crippen LogP contribution is -2.51. The molecule has 1 aromatic rings. The van der Waals surface area contributed by atoms with Crippen LogP contribution in [0.25, 0.3) is 0 Å². The second-order valence-electron chi connectivity index (χ2n) is 5.33. The van der Waals surface area contributed by atoms with Gasteiger partial charge in [0.2, 0.25) is 0 Å². The average Bonchev–Trinajstić information content (AvgIpc) is 2.32. The molecular weight excluding hydrogens is 234 g/mol. The van der Waals surface area contributed by atoms with Gasteiger partial charge < -0.3 is 10.2 Å². The molecule has 0 saturated carbocycles. The van der Waals surface area contributed by atoms with Crippen LogP contribution in [-0.2, 0) is 0 Å². The van der Waals surface area contributed by atoms with Crippen LogP contribution in [-0.4, -0.2) is 31.2 Å². The van der Waals surface area contributed by atoms with Crippen molar-refractivity contribution >= 4 is 17.3 Å². The van der Waals surface area contributed by atoms with E-state index in [4.69, 9.17) is 11.6 Å². The van der Waals surface area contributed by atoms with Crippen molar-refractivity contribution in [3.8, 4) is 0 Å². The Morgan fingerprint density at radius 1 is 1.35 bits per heavy atom. The van der Waals surface area contributed by atoms with Gasteiger partial charge in [0, 0.05) is 13.1 Å². The molecule has 2 aliphatic heterocycles. The molecule has 1 N–H and O–H groups in total. The third kappa shape index (κ3) is 2.26. The maximum absolute atomic E-state index is 5.98. The van der Waals surface area contributed by atoms with Crippen LogP contribution in [0.15, 0.2) is 12.3 Å². The number of rotatable bonds is 1. The standard InChI is InChI=1S/C13H18ClN3/c1-9-2-12(6-16-13(9)14)17-7-10-3-11(8-17)5-15-4-10/h2,6,10-11,15H,3-5,7-8H2,1H3. The Bertz CT molecular complexity index is 409. The van der Waals surface area contributed by atoms with Crippen molar-refractivity contribution in [3.63, 3.8) is 0 Å². The fourth-order valence-electron chi connectivity index (χ4n) is 3.03. The Hall–Kier alpha value is -0.800. The first-order valence-electron chi connectivity index (χ1n) is 6.30. The van der Waals surface area contributed by atoms with Gasteiger partial charge in [-0.1, -0.05) is 11.6 Å². The van der Waals surface area contributed by atoms with Gasteiger partial charge in [0.25, 0.3) is 0 Å². The molecule has 2 bridgehead atoms. The molecule has 92 valence electrons. The Labute approximate surface area is 107 Å². The van der Waals surface area contributed by atoms with Crippen LogP contribution >= 0.6 is 11.6 Å². The zero-order valence-electron chi connectivity index (χ0n) is 10.1. The Balaban J connectivity index is 1.81. The van der Waals surface area contributed by atoms with Gasteiger partial charge in [0.1, 0.15) is 5.15 Å². The topological polar surface area (TPSA) is 28.2 Å². The number of anilines is 1. The third-order valence-electron chi connectivity index (χ3n) is 3.85. The summed E-state index contributed by atoms with van der Waals surface area (Å²) in [7, 11) is 0. The fourth-order valence-corrected chi connectivity index (χ4v) is 3.14. The summed E-state index contributed by atoms with van der Waals surface area (Å²) in [5.41, 5.74) is 2.29. The highest BCUT2D eigenvalue weighted by Gasteiger charge is 2.30. The zero-order valence-corrected chi connectivity index (χ0v) is 10.9. The van der Waals surface area contributed by atoms with Crippen molar-refractivity contribution in [3.05, 3.63) is 23.0 Å². The van der Waals surface area contributed by atoms with Gasteiger partial charge in [-0.15, -0.1) is 0 Å². The van der Waals surface area contributed by atoms with Gasteiger partial charge in [-0.3, -0.25) is 0 Å². The van der Waals surface area contributed by atoms with E-state index in [2.05, 4.69) is 21.3 Å². The van der Waals surface area contributed by atoms with Crippen LogP contribution in [0.4, 0.5) is 5.69 Å². The van der Waals surface area contributed by atoms with Crippen LogP contribution in [0.2, 0.25) is 5.15 Å². The molecule has 0 aromatic carbocycles. The summed E-state index contributed by atoms with van der Waals surface area (Å²) in [6.45, 7) is 6.63. The summed E-state index contributed by atoms with van der Waals surface area (Å²) >= 11 is 5.98. The molecule has 3 nitrogen and oxygen atoms in total. The molecule has 4 heteroatoms. The second-order valence-corrected chi connectivity index (χ2v) is 5.69. The van der Waals surface area contributed by atoms with E-state index >= 15 is 0 Å². The number of hydrogen-bond donors (Lipinski definition) is 1. The molecule has 0 aliphatic carbocycles. The van der Waals surface area contributed by atoms with E-state index in [1.54, 1.807) is 0 Å². The van der Waals surface area contributed by atoms with Gasteiger partial charge in [-0.05, 0) is 49.9 Å². The largest absolute Gasteiger partial charge is 0.370 e. The van der Waals surface area contributed by atoms with Crippen molar-refractivity contribution in [2.75, 3.05) is 31.1 Å². The van der Waals surface area contributed by atoms with Gasteiger partial charge in [-0.2, -0.15) is 0 Å². The number of pyridine rings is 1. The highest BCUT2D eigenvalue weighted by molar-refractivity contribution is 6.30. The summed E-state index contributed by atoms with van der Waals surface area (Å²) in [5.74, 6) is 1.58. The van der Waals surface area contributed by atoms with Crippen LogP contribution in [0.3, 0.4) is 0 Å². The lowest BCUT2D eigenvalue weighted by Gasteiger charge is -2.42. The Morgan fingerprint density at radius 3 is 2.71 bits per heavy atom. The van der Waals surface area contributed by atoms with Gasteiger partial charge in [0.05, 0.1) is 11.9 Å². The molecular formula is C13H18ClN3. The first-order valence-corrected chi connectivity index (χ1v) is 6.68. The molecule has 2 atom stereocenters. The van der Waals surface area contributed by atoms with E-state index in [1.807, 2.05) is 13.1 Å². The maximum Gasteiger partial charge on any atom is 0.132 e. The Kier molecular flexibility index (Phi) is 2.97. The molecule has 2 unspecified atom stereocenters. The van der Waals surface area contributed by atoms with Crippen LogP contribution in [0.1, 0.15) is 12.0 Å². The number of piperidine rings is 2. The first-order chi connectivity index (χ1) is 8.22. The number of nitrogens with one attached hydrogen (secondary N) is 1. The molecule has 1 aromatic heterocycles. The lowest BCUT2D eigenvalue weighted by atomic mass is 9.85. The average molecular weight is 252 g/mol. The van der Waals surface area contributed by atoms with Crippen molar-refractivity contribution in [2.45, 2.75) is 13.3 Å². The second kappa shape index (κ2) is 4.46. The number of fused-ring (bicyclic) bond motifs is 2. The molecule has 0 spiro atoms.